The molecule has 1 aromatic carbocycles. The zero-order chi connectivity index (χ0) is 12.3. The molecule has 0 aliphatic rings. The van der Waals surface area contributed by atoms with Gasteiger partial charge in [0.25, 0.3) is 0 Å². The highest BCUT2D eigenvalue weighted by molar-refractivity contribution is 5.26. The maximum atomic E-state index is 5.62. The maximum absolute atomic E-state index is 5.62. The molecule has 90 valence electrons. The number of rotatable bonds is 4. The van der Waals surface area contributed by atoms with E-state index in [1.54, 1.807) is 4.68 Å². The average molecular weight is 230 g/mol. The number of hydrogen-bond acceptors (Lipinski definition) is 3. The number of benzene rings is 1. The number of nitrogens with one attached hydrogen (secondary N) is 1. The van der Waals surface area contributed by atoms with E-state index in [1.165, 1.54) is 11.1 Å². The number of hydrogen-bond donors (Lipinski definition) is 2. The normalized spacial score (nSPS) is 12.6. The van der Waals surface area contributed by atoms with Crippen LogP contribution in [0.1, 0.15) is 22.9 Å². The van der Waals surface area contributed by atoms with Gasteiger partial charge in [0.1, 0.15) is 0 Å². The first kappa shape index (κ1) is 11.8. The Morgan fingerprint density at radius 2 is 2.24 bits per heavy atom. The molecule has 4 nitrogen and oxygen atoms in total. The minimum atomic E-state index is 0.102. The van der Waals surface area contributed by atoms with Gasteiger partial charge in [-0.15, -0.1) is 0 Å². The number of nitrogens with two attached hydrogens (primary N) is 1. The van der Waals surface area contributed by atoms with Crippen molar-refractivity contribution < 1.29 is 0 Å². The molecule has 17 heavy (non-hydrogen) atoms. The second-order valence-electron chi connectivity index (χ2n) is 4.32. The topological polar surface area (TPSA) is 55.9 Å². The third-order valence-corrected chi connectivity index (χ3v) is 2.83. The average Bonchev–Trinajstić information content (AvgIpc) is 2.72. The lowest BCUT2D eigenvalue weighted by molar-refractivity contribution is 0.541. The minimum absolute atomic E-state index is 0.102. The van der Waals surface area contributed by atoms with Crippen LogP contribution in [-0.2, 0) is 13.5 Å². The molecule has 2 aromatic rings. The Morgan fingerprint density at radius 3 is 2.82 bits per heavy atom. The first-order valence-corrected chi connectivity index (χ1v) is 5.70. The Hall–Kier alpha value is -1.65. The highest BCUT2D eigenvalue weighted by Gasteiger charge is 2.11. The van der Waals surface area contributed by atoms with Gasteiger partial charge in [-0.05, 0) is 18.6 Å². The summed E-state index contributed by atoms with van der Waals surface area (Å²) in [5.74, 6) is 5.62. The van der Waals surface area contributed by atoms with Crippen molar-refractivity contribution in [1.29, 1.82) is 0 Å². The van der Waals surface area contributed by atoms with Crippen molar-refractivity contribution >= 4 is 0 Å². The van der Waals surface area contributed by atoms with Crippen LogP contribution >= 0.6 is 0 Å². The molecule has 1 atom stereocenters. The Balaban J connectivity index is 2.16. The van der Waals surface area contributed by atoms with Crippen molar-refractivity contribution in [3.63, 3.8) is 0 Å². The number of hydrazine groups is 1. The lowest BCUT2D eigenvalue weighted by Crippen LogP contribution is -2.29. The molecule has 0 spiro atoms. The van der Waals surface area contributed by atoms with Crippen molar-refractivity contribution in [1.82, 2.24) is 15.2 Å². The van der Waals surface area contributed by atoms with Crippen molar-refractivity contribution in [2.45, 2.75) is 19.4 Å². The fraction of sp³-hybridized carbons (Fsp3) is 0.308. The van der Waals surface area contributed by atoms with Crippen molar-refractivity contribution in [3.05, 3.63) is 53.3 Å². The van der Waals surface area contributed by atoms with E-state index in [0.29, 0.717) is 0 Å². The molecule has 0 bridgehead atoms. The van der Waals surface area contributed by atoms with Crippen molar-refractivity contribution in [2.24, 2.45) is 12.9 Å². The monoisotopic (exact) mass is 230 g/mol. The van der Waals surface area contributed by atoms with Crippen LogP contribution in [0.2, 0.25) is 0 Å². The van der Waals surface area contributed by atoms with Gasteiger partial charge in [-0.25, -0.2) is 0 Å². The van der Waals surface area contributed by atoms with Gasteiger partial charge in [0.05, 0.1) is 11.7 Å². The lowest BCUT2D eigenvalue weighted by Gasteiger charge is -2.15. The van der Waals surface area contributed by atoms with Crippen LogP contribution in [-0.4, -0.2) is 9.78 Å². The first-order valence-electron chi connectivity index (χ1n) is 5.70. The summed E-state index contributed by atoms with van der Waals surface area (Å²) in [4.78, 5) is 0. The van der Waals surface area contributed by atoms with Gasteiger partial charge < -0.3 is 0 Å². The summed E-state index contributed by atoms with van der Waals surface area (Å²) in [7, 11) is 1.92. The van der Waals surface area contributed by atoms with Crippen LogP contribution in [0.5, 0.6) is 0 Å². The van der Waals surface area contributed by atoms with Crippen LogP contribution < -0.4 is 11.3 Å². The Labute approximate surface area is 101 Å². The first-order chi connectivity index (χ1) is 8.19. The molecule has 3 N–H and O–H groups in total. The smallest absolute Gasteiger partial charge is 0.0643 e. The van der Waals surface area contributed by atoms with E-state index in [0.717, 1.165) is 12.1 Å². The molecule has 1 heterocycles. The molecular formula is C13H18N4. The highest BCUT2D eigenvalue weighted by atomic mass is 15.3. The van der Waals surface area contributed by atoms with E-state index in [-0.39, 0.29) is 6.04 Å². The molecule has 0 aliphatic carbocycles. The fourth-order valence-corrected chi connectivity index (χ4v) is 1.94. The maximum Gasteiger partial charge on any atom is 0.0643 e. The quantitative estimate of drug-likeness (QED) is 0.618. The van der Waals surface area contributed by atoms with Crippen molar-refractivity contribution in [2.75, 3.05) is 0 Å². The lowest BCUT2D eigenvalue weighted by atomic mass is 10.0. The van der Waals surface area contributed by atoms with Gasteiger partial charge in [0.15, 0.2) is 0 Å². The zero-order valence-electron chi connectivity index (χ0n) is 10.2. The van der Waals surface area contributed by atoms with Crippen LogP contribution in [0.25, 0.3) is 0 Å². The molecular weight excluding hydrogens is 212 g/mol. The Morgan fingerprint density at radius 1 is 1.41 bits per heavy atom. The van der Waals surface area contributed by atoms with E-state index in [4.69, 9.17) is 5.84 Å². The number of nitrogens with zero attached hydrogens (tertiary/aromatic N) is 2. The summed E-state index contributed by atoms with van der Waals surface area (Å²) < 4.78 is 1.80. The minimum Gasteiger partial charge on any atom is -0.276 e. The summed E-state index contributed by atoms with van der Waals surface area (Å²) in [6.45, 7) is 2.08. The van der Waals surface area contributed by atoms with Gasteiger partial charge in [0.2, 0.25) is 0 Å². The molecule has 4 heteroatoms. The molecule has 1 unspecified atom stereocenters. The predicted molar refractivity (Wildman–Crippen MR) is 68.2 cm³/mol. The molecule has 0 saturated heterocycles. The summed E-state index contributed by atoms with van der Waals surface area (Å²) in [5.41, 5.74) is 6.33. The molecule has 2 rings (SSSR count). The van der Waals surface area contributed by atoms with Gasteiger partial charge in [-0.3, -0.25) is 16.0 Å². The third kappa shape index (κ3) is 2.93. The second kappa shape index (κ2) is 5.12. The van der Waals surface area contributed by atoms with Crippen molar-refractivity contribution in [3.8, 4) is 0 Å². The van der Waals surface area contributed by atoms with Gasteiger partial charge in [-0.2, -0.15) is 5.10 Å². The molecule has 0 aliphatic heterocycles. The molecule has 1 aromatic heterocycles. The van der Waals surface area contributed by atoms with Crippen LogP contribution in [0.3, 0.4) is 0 Å². The predicted octanol–water partition coefficient (Wildman–Crippen LogP) is 1.48. The highest BCUT2D eigenvalue weighted by Crippen LogP contribution is 2.17. The van der Waals surface area contributed by atoms with E-state index in [1.807, 2.05) is 25.4 Å². The third-order valence-electron chi connectivity index (χ3n) is 2.83. The SMILES string of the molecule is Cc1cccc(C(Cc2ccn(C)n2)NN)c1. The standard InChI is InChI=1S/C13H18N4/c1-10-4-3-5-11(8-10)13(15-14)9-12-6-7-17(2)16-12/h3-8,13,15H,9,14H2,1-2H3. The van der Waals surface area contributed by atoms with E-state index < -0.39 is 0 Å². The molecule has 0 saturated carbocycles. The molecule has 0 radical (unpaired) electrons. The molecule has 0 amide bonds. The van der Waals surface area contributed by atoms with Crippen LogP contribution in [0, 0.1) is 6.92 Å². The Bertz CT molecular complexity index is 490. The van der Waals surface area contributed by atoms with Gasteiger partial charge >= 0.3 is 0 Å². The van der Waals surface area contributed by atoms with E-state index >= 15 is 0 Å². The van der Waals surface area contributed by atoms with Crippen LogP contribution in [0.15, 0.2) is 36.5 Å². The van der Waals surface area contributed by atoms with E-state index in [2.05, 4.69) is 35.6 Å². The molecule has 0 fully saturated rings. The summed E-state index contributed by atoms with van der Waals surface area (Å²) in [6.07, 6.45) is 2.74. The fourth-order valence-electron chi connectivity index (χ4n) is 1.94. The van der Waals surface area contributed by atoms with Gasteiger partial charge in [-0.1, -0.05) is 29.8 Å². The largest absolute Gasteiger partial charge is 0.276 e. The summed E-state index contributed by atoms with van der Waals surface area (Å²) in [6, 6.07) is 10.5. The van der Waals surface area contributed by atoms with E-state index in [9.17, 15) is 0 Å². The summed E-state index contributed by atoms with van der Waals surface area (Å²) in [5, 5.41) is 4.37. The number of aryl methyl sites for hydroxylation is 2. The van der Waals surface area contributed by atoms with Crippen LogP contribution in [0.4, 0.5) is 0 Å². The zero-order valence-corrected chi connectivity index (χ0v) is 10.2. The Kier molecular flexibility index (Phi) is 3.56. The second-order valence-corrected chi connectivity index (χ2v) is 4.32. The van der Waals surface area contributed by atoms with Gasteiger partial charge in [0, 0.05) is 19.7 Å². The summed E-state index contributed by atoms with van der Waals surface area (Å²) >= 11 is 0. The number of aromatic nitrogens is 2.